The number of amides is 1. The second-order valence-electron chi connectivity index (χ2n) is 8.29. The van der Waals surface area contributed by atoms with Crippen molar-refractivity contribution in [1.29, 1.82) is 0 Å². The Balaban J connectivity index is 1.55. The number of benzene rings is 1. The number of carbonyl (C=O) groups is 1. The average Bonchev–Trinajstić information content (AvgIpc) is 2.83. The Morgan fingerprint density at radius 2 is 1.76 bits per heavy atom. The molecule has 1 N–H and O–H groups in total. The van der Waals surface area contributed by atoms with Crippen LogP contribution in [-0.2, 0) is 34.2 Å². The van der Waals surface area contributed by atoms with Crippen LogP contribution in [0.4, 0.5) is 0 Å². The van der Waals surface area contributed by atoms with Crippen LogP contribution >= 0.6 is 0 Å². The van der Waals surface area contributed by atoms with Crippen molar-refractivity contribution in [2.75, 3.05) is 13.1 Å². The topological polar surface area (TPSA) is 92.3 Å². The molecule has 1 aromatic heterocycles. The quantitative estimate of drug-likeness (QED) is 0.602. The van der Waals surface area contributed by atoms with Gasteiger partial charge in [-0.25, -0.2) is 18.4 Å². The summed E-state index contributed by atoms with van der Waals surface area (Å²) in [5.74, 6) is 0.704. The Kier molecular flexibility index (Phi) is 8.74. The molecule has 2 aromatic rings. The summed E-state index contributed by atoms with van der Waals surface area (Å²) >= 11 is 0. The molecule has 0 unspecified atom stereocenters. The van der Waals surface area contributed by atoms with Crippen LogP contribution in [0, 0.1) is 6.92 Å². The molecular weight excluding hydrogens is 436 g/mol. The summed E-state index contributed by atoms with van der Waals surface area (Å²) in [6, 6.07) is 6.77. The standard InChI is InChI=1S/C25H34N4O3S/c1-4-22-19(3)27-24(5-2)28-23(22)10-9-11-25(30)26-18-20-12-14-21(15-13-20)33(31,32)29-16-7-6-8-17-29/h9-10,12-15H,4-8,11,16-18H2,1-3H3,(H,26,30). The molecule has 8 heteroatoms. The first kappa shape index (κ1) is 25.1. The van der Waals surface area contributed by atoms with Crippen molar-refractivity contribution in [3.8, 4) is 0 Å². The SMILES string of the molecule is CCc1nc(C)c(CC)c(C=CCC(=O)NCc2ccc(S(=O)(=O)N3CCCCC3)cc2)n1. The molecule has 178 valence electrons. The highest BCUT2D eigenvalue weighted by Crippen LogP contribution is 2.21. The Labute approximate surface area is 197 Å². The minimum Gasteiger partial charge on any atom is -0.352 e. The third-order valence-electron chi connectivity index (χ3n) is 5.91. The Morgan fingerprint density at radius 3 is 2.39 bits per heavy atom. The van der Waals surface area contributed by atoms with Gasteiger partial charge in [-0.1, -0.05) is 38.5 Å². The van der Waals surface area contributed by atoms with E-state index in [2.05, 4.69) is 22.2 Å². The van der Waals surface area contributed by atoms with Crippen molar-refractivity contribution >= 4 is 22.0 Å². The lowest BCUT2D eigenvalue weighted by atomic mass is 10.1. The predicted molar refractivity (Wildman–Crippen MR) is 130 cm³/mol. The van der Waals surface area contributed by atoms with Crippen molar-refractivity contribution in [1.82, 2.24) is 19.6 Å². The molecule has 1 aromatic carbocycles. The molecule has 1 amide bonds. The number of rotatable bonds is 9. The largest absolute Gasteiger partial charge is 0.352 e. The van der Waals surface area contributed by atoms with E-state index in [1.165, 1.54) is 0 Å². The van der Waals surface area contributed by atoms with Crippen LogP contribution < -0.4 is 5.32 Å². The molecule has 1 saturated heterocycles. The first-order valence-corrected chi connectivity index (χ1v) is 13.2. The van der Waals surface area contributed by atoms with E-state index < -0.39 is 10.0 Å². The minimum atomic E-state index is -3.44. The zero-order chi connectivity index (χ0) is 23.8. The third kappa shape index (κ3) is 6.48. The van der Waals surface area contributed by atoms with Gasteiger partial charge in [0, 0.05) is 38.2 Å². The first-order valence-electron chi connectivity index (χ1n) is 11.7. The zero-order valence-electron chi connectivity index (χ0n) is 19.8. The first-order chi connectivity index (χ1) is 15.8. The van der Waals surface area contributed by atoms with E-state index in [1.54, 1.807) is 28.6 Å². The highest BCUT2D eigenvalue weighted by Gasteiger charge is 2.25. The van der Waals surface area contributed by atoms with E-state index in [9.17, 15) is 13.2 Å². The molecule has 7 nitrogen and oxygen atoms in total. The lowest BCUT2D eigenvalue weighted by Gasteiger charge is -2.25. The molecule has 3 rings (SSSR count). The van der Waals surface area contributed by atoms with Gasteiger partial charge >= 0.3 is 0 Å². The number of piperidine rings is 1. The summed E-state index contributed by atoms with van der Waals surface area (Å²) in [5, 5.41) is 2.89. The average molecular weight is 471 g/mol. The van der Waals surface area contributed by atoms with Crippen molar-refractivity contribution in [2.45, 2.75) is 70.7 Å². The van der Waals surface area contributed by atoms with Crippen molar-refractivity contribution in [3.63, 3.8) is 0 Å². The van der Waals surface area contributed by atoms with Gasteiger partial charge < -0.3 is 5.32 Å². The highest BCUT2D eigenvalue weighted by atomic mass is 32.2. The number of nitrogens with one attached hydrogen (secondary N) is 1. The van der Waals surface area contributed by atoms with Gasteiger partial charge in [-0.15, -0.1) is 0 Å². The van der Waals surface area contributed by atoms with E-state index in [0.29, 0.717) is 24.5 Å². The minimum absolute atomic E-state index is 0.101. The van der Waals surface area contributed by atoms with Crippen LogP contribution in [0.5, 0.6) is 0 Å². The van der Waals surface area contributed by atoms with Gasteiger partial charge in [0.1, 0.15) is 5.82 Å². The van der Waals surface area contributed by atoms with Gasteiger partial charge in [0.15, 0.2) is 0 Å². The zero-order valence-corrected chi connectivity index (χ0v) is 20.6. The molecule has 0 spiro atoms. The number of carbonyl (C=O) groups excluding carboxylic acids is 1. The molecule has 0 atom stereocenters. The normalized spacial score (nSPS) is 15.1. The number of hydrogen-bond acceptors (Lipinski definition) is 5. The van der Waals surface area contributed by atoms with Crippen molar-refractivity contribution < 1.29 is 13.2 Å². The molecule has 1 fully saturated rings. The van der Waals surface area contributed by atoms with Gasteiger partial charge in [-0.3, -0.25) is 4.79 Å². The second kappa shape index (κ2) is 11.5. The van der Waals surface area contributed by atoms with E-state index in [4.69, 9.17) is 0 Å². The Morgan fingerprint density at radius 1 is 1.06 bits per heavy atom. The Bertz CT molecular complexity index is 1090. The molecule has 0 saturated carbocycles. The fourth-order valence-electron chi connectivity index (χ4n) is 3.99. The Hall–Kier alpha value is -2.58. The lowest BCUT2D eigenvalue weighted by Crippen LogP contribution is -2.35. The van der Waals surface area contributed by atoms with Crippen LogP contribution in [0.3, 0.4) is 0 Å². The van der Waals surface area contributed by atoms with Gasteiger partial charge in [-0.2, -0.15) is 4.31 Å². The third-order valence-corrected chi connectivity index (χ3v) is 7.82. The van der Waals surface area contributed by atoms with E-state index >= 15 is 0 Å². The molecule has 0 aliphatic carbocycles. The van der Waals surface area contributed by atoms with Gasteiger partial charge in [0.2, 0.25) is 15.9 Å². The molecular formula is C25H34N4O3S. The second-order valence-corrected chi connectivity index (χ2v) is 10.2. The van der Waals surface area contributed by atoms with Crippen molar-refractivity contribution in [3.05, 3.63) is 58.7 Å². The maximum absolute atomic E-state index is 12.7. The van der Waals surface area contributed by atoms with Crippen LogP contribution in [-0.4, -0.2) is 41.7 Å². The van der Waals surface area contributed by atoms with Crippen LogP contribution in [0.25, 0.3) is 6.08 Å². The number of sulfonamides is 1. The summed E-state index contributed by atoms with van der Waals surface area (Å²) in [6.07, 6.45) is 8.47. The monoisotopic (exact) mass is 470 g/mol. The van der Waals surface area contributed by atoms with Gasteiger partial charge in [-0.05, 0) is 55.5 Å². The number of hydrogen-bond donors (Lipinski definition) is 1. The summed E-state index contributed by atoms with van der Waals surface area (Å²) < 4.78 is 27.1. The molecule has 0 bridgehead atoms. The smallest absolute Gasteiger partial charge is 0.243 e. The number of nitrogens with zero attached hydrogens (tertiary/aromatic N) is 3. The maximum atomic E-state index is 12.7. The lowest BCUT2D eigenvalue weighted by molar-refractivity contribution is -0.120. The van der Waals surface area contributed by atoms with E-state index in [1.807, 2.05) is 26.0 Å². The summed E-state index contributed by atoms with van der Waals surface area (Å²) in [4.78, 5) is 21.7. The fourth-order valence-corrected chi connectivity index (χ4v) is 5.51. The van der Waals surface area contributed by atoms with Crippen LogP contribution in [0.15, 0.2) is 35.2 Å². The maximum Gasteiger partial charge on any atom is 0.243 e. The fraction of sp³-hybridized carbons (Fsp3) is 0.480. The number of aromatic nitrogens is 2. The molecule has 0 radical (unpaired) electrons. The van der Waals surface area contributed by atoms with E-state index in [-0.39, 0.29) is 12.3 Å². The summed E-state index contributed by atoms with van der Waals surface area (Å²) in [7, 11) is -3.44. The molecule has 1 aliphatic rings. The van der Waals surface area contributed by atoms with Crippen molar-refractivity contribution in [2.24, 2.45) is 0 Å². The molecule has 1 aliphatic heterocycles. The summed E-state index contributed by atoms with van der Waals surface area (Å²) in [6.45, 7) is 7.61. The van der Waals surface area contributed by atoms with Crippen LogP contribution in [0.2, 0.25) is 0 Å². The summed E-state index contributed by atoms with van der Waals surface area (Å²) in [5.41, 5.74) is 3.82. The molecule has 2 heterocycles. The van der Waals surface area contributed by atoms with E-state index in [0.717, 1.165) is 60.4 Å². The molecule has 33 heavy (non-hydrogen) atoms. The highest BCUT2D eigenvalue weighted by molar-refractivity contribution is 7.89. The van der Waals surface area contributed by atoms with Crippen LogP contribution in [0.1, 0.15) is 67.9 Å². The van der Waals surface area contributed by atoms with Gasteiger partial charge in [0.25, 0.3) is 0 Å². The number of aryl methyl sites for hydroxylation is 2. The predicted octanol–water partition coefficient (Wildman–Crippen LogP) is 3.80. The van der Waals surface area contributed by atoms with Gasteiger partial charge in [0.05, 0.1) is 10.6 Å².